The maximum atomic E-state index is 4.22. The quantitative estimate of drug-likeness (QED) is 0.804. The van der Waals surface area contributed by atoms with E-state index in [1.165, 1.54) is 0 Å². The molecule has 0 bridgehead atoms. The van der Waals surface area contributed by atoms with E-state index in [9.17, 15) is 0 Å². The minimum Gasteiger partial charge on any atom is -0.311 e. The Labute approximate surface area is 92.3 Å². The molecule has 0 aliphatic heterocycles. The fraction of sp³-hybridized carbons (Fsp3) is 0.667. The van der Waals surface area contributed by atoms with Crippen molar-refractivity contribution in [3.63, 3.8) is 0 Å². The molecule has 0 aliphatic carbocycles. The van der Waals surface area contributed by atoms with Gasteiger partial charge in [-0.3, -0.25) is 9.97 Å². The van der Waals surface area contributed by atoms with Crippen LogP contribution in [0.15, 0.2) is 18.6 Å². The van der Waals surface area contributed by atoms with Crippen molar-refractivity contribution in [2.45, 2.75) is 34.2 Å². The van der Waals surface area contributed by atoms with E-state index in [1.54, 1.807) is 18.6 Å². The van der Waals surface area contributed by atoms with Crippen molar-refractivity contribution in [2.75, 3.05) is 6.54 Å². The molecule has 0 saturated heterocycles. The second kappa shape index (κ2) is 5.21. The van der Waals surface area contributed by atoms with Crippen LogP contribution in [-0.2, 0) is 6.54 Å². The van der Waals surface area contributed by atoms with E-state index in [0.717, 1.165) is 18.8 Å². The Morgan fingerprint density at radius 2 is 2.07 bits per heavy atom. The number of nitrogens with one attached hydrogen (secondary N) is 1. The molecule has 15 heavy (non-hydrogen) atoms. The molecule has 0 fully saturated rings. The predicted molar refractivity (Wildman–Crippen MR) is 62.4 cm³/mol. The highest BCUT2D eigenvalue weighted by Gasteiger charge is 2.21. The smallest absolute Gasteiger partial charge is 0.0724 e. The highest BCUT2D eigenvalue weighted by Crippen LogP contribution is 2.24. The van der Waals surface area contributed by atoms with Gasteiger partial charge in [0.15, 0.2) is 0 Å². The monoisotopic (exact) mass is 207 g/mol. The number of nitrogens with zero attached hydrogens (tertiary/aromatic N) is 2. The largest absolute Gasteiger partial charge is 0.311 e. The lowest BCUT2D eigenvalue weighted by Gasteiger charge is -2.29. The molecule has 0 spiro atoms. The van der Waals surface area contributed by atoms with Crippen molar-refractivity contribution in [2.24, 2.45) is 11.3 Å². The zero-order valence-electron chi connectivity index (χ0n) is 10.1. The van der Waals surface area contributed by atoms with Gasteiger partial charge in [-0.1, -0.05) is 27.7 Å². The molecular formula is C12H21N3. The molecule has 0 aromatic carbocycles. The van der Waals surface area contributed by atoms with Gasteiger partial charge in [-0.05, 0) is 11.3 Å². The molecule has 1 heterocycles. The van der Waals surface area contributed by atoms with Crippen molar-refractivity contribution in [1.82, 2.24) is 15.3 Å². The van der Waals surface area contributed by atoms with E-state index < -0.39 is 0 Å². The third-order valence-electron chi connectivity index (χ3n) is 3.07. The molecule has 1 aromatic heterocycles. The van der Waals surface area contributed by atoms with Gasteiger partial charge in [0.1, 0.15) is 0 Å². The number of hydrogen-bond acceptors (Lipinski definition) is 3. The van der Waals surface area contributed by atoms with Gasteiger partial charge in [-0.15, -0.1) is 0 Å². The summed E-state index contributed by atoms with van der Waals surface area (Å²) in [5.74, 6) is 0.673. The molecule has 0 saturated carbocycles. The molecule has 3 heteroatoms. The number of aromatic nitrogens is 2. The van der Waals surface area contributed by atoms with Crippen molar-refractivity contribution in [3.05, 3.63) is 24.3 Å². The average molecular weight is 207 g/mol. The summed E-state index contributed by atoms with van der Waals surface area (Å²) < 4.78 is 0. The van der Waals surface area contributed by atoms with Crippen molar-refractivity contribution in [1.29, 1.82) is 0 Å². The highest BCUT2D eigenvalue weighted by molar-refractivity contribution is 4.94. The molecule has 1 aromatic rings. The fourth-order valence-corrected chi connectivity index (χ4v) is 1.14. The maximum Gasteiger partial charge on any atom is 0.0724 e. The topological polar surface area (TPSA) is 37.8 Å². The molecule has 0 aliphatic rings. The van der Waals surface area contributed by atoms with E-state index in [1.807, 2.05) is 0 Å². The second-order valence-corrected chi connectivity index (χ2v) is 4.94. The summed E-state index contributed by atoms with van der Waals surface area (Å²) in [7, 11) is 0. The van der Waals surface area contributed by atoms with Gasteiger partial charge in [0, 0.05) is 31.7 Å². The molecule has 1 N–H and O–H groups in total. The van der Waals surface area contributed by atoms with Gasteiger partial charge in [0.05, 0.1) is 5.69 Å². The third kappa shape index (κ3) is 3.96. The van der Waals surface area contributed by atoms with Gasteiger partial charge >= 0.3 is 0 Å². The van der Waals surface area contributed by atoms with Gasteiger partial charge < -0.3 is 5.32 Å². The van der Waals surface area contributed by atoms with Crippen LogP contribution in [0.1, 0.15) is 33.4 Å². The van der Waals surface area contributed by atoms with Crippen molar-refractivity contribution in [3.8, 4) is 0 Å². The van der Waals surface area contributed by atoms with Crippen LogP contribution in [0.3, 0.4) is 0 Å². The standard InChI is InChI=1S/C12H21N3/c1-10(2)12(3,4)9-14-8-11-7-13-5-6-15-11/h5-7,10,14H,8-9H2,1-4H3. The van der Waals surface area contributed by atoms with E-state index in [0.29, 0.717) is 11.3 Å². The Hall–Kier alpha value is -0.960. The van der Waals surface area contributed by atoms with Crippen LogP contribution in [0.25, 0.3) is 0 Å². The number of hydrogen-bond donors (Lipinski definition) is 1. The van der Waals surface area contributed by atoms with Crippen LogP contribution in [0.4, 0.5) is 0 Å². The molecule has 0 amide bonds. The first-order valence-corrected chi connectivity index (χ1v) is 5.48. The fourth-order valence-electron chi connectivity index (χ4n) is 1.14. The maximum absolute atomic E-state index is 4.22. The van der Waals surface area contributed by atoms with Crippen LogP contribution < -0.4 is 5.32 Å². The lowest BCUT2D eigenvalue weighted by molar-refractivity contribution is 0.237. The Morgan fingerprint density at radius 3 is 2.60 bits per heavy atom. The Bertz CT molecular complexity index is 280. The van der Waals surface area contributed by atoms with Crippen LogP contribution in [0.5, 0.6) is 0 Å². The Morgan fingerprint density at radius 1 is 1.33 bits per heavy atom. The van der Waals surface area contributed by atoms with Crippen molar-refractivity contribution < 1.29 is 0 Å². The summed E-state index contributed by atoms with van der Waals surface area (Å²) in [6.07, 6.45) is 5.22. The van der Waals surface area contributed by atoms with Crippen LogP contribution in [0.2, 0.25) is 0 Å². The molecule has 0 unspecified atom stereocenters. The lowest BCUT2D eigenvalue weighted by Crippen LogP contribution is -2.33. The third-order valence-corrected chi connectivity index (χ3v) is 3.07. The zero-order chi connectivity index (χ0) is 11.3. The average Bonchev–Trinajstić information content (AvgIpc) is 2.19. The minimum absolute atomic E-state index is 0.322. The van der Waals surface area contributed by atoms with Crippen LogP contribution in [0, 0.1) is 11.3 Å². The van der Waals surface area contributed by atoms with Gasteiger partial charge in [0.2, 0.25) is 0 Å². The molecule has 0 atom stereocenters. The summed E-state index contributed by atoms with van der Waals surface area (Å²) in [5, 5.41) is 3.42. The van der Waals surface area contributed by atoms with Crippen LogP contribution in [-0.4, -0.2) is 16.5 Å². The molecule has 0 radical (unpaired) electrons. The normalized spacial score (nSPS) is 12.1. The van der Waals surface area contributed by atoms with E-state index >= 15 is 0 Å². The minimum atomic E-state index is 0.322. The van der Waals surface area contributed by atoms with E-state index in [2.05, 4.69) is 43.0 Å². The first kappa shape index (κ1) is 12.1. The zero-order valence-corrected chi connectivity index (χ0v) is 10.1. The first-order chi connectivity index (χ1) is 7.02. The van der Waals surface area contributed by atoms with Crippen molar-refractivity contribution >= 4 is 0 Å². The summed E-state index contributed by atoms with van der Waals surface area (Å²) >= 11 is 0. The highest BCUT2D eigenvalue weighted by atomic mass is 14.9. The molecular weight excluding hydrogens is 186 g/mol. The Balaban J connectivity index is 2.34. The van der Waals surface area contributed by atoms with Gasteiger partial charge in [0.25, 0.3) is 0 Å². The summed E-state index contributed by atoms with van der Waals surface area (Å²) in [5.41, 5.74) is 1.32. The summed E-state index contributed by atoms with van der Waals surface area (Å²) in [6, 6.07) is 0. The first-order valence-electron chi connectivity index (χ1n) is 5.48. The number of rotatable bonds is 5. The summed E-state index contributed by atoms with van der Waals surface area (Å²) in [4.78, 5) is 8.25. The molecule has 1 rings (SSSR count). The molecule has 3 nitrogen and oxygen atoms in total. The van der Waals surface area contributed by atoms with E-state index in [-0.39, 0.29) is 0 Å². The van der Waals surface area contributed by atoms with Gasteiger partial charge in [-0.2, -0.15) is 0 Å². The summed E-state index contributed by atoms with van der Waals surface area (Å²) in [6.45, 7) is 10.9. The Kier molecular flexibility index (Phi) is 4.21. The second-order valence-electron chi connectivity index (χ2n) is 4.94. The molecule has 84 valence electrons. The van der Waals surface area contributed by atoms with Gasteiger partial charge in [-0.25, -0.2) is 0 Å². The van der Waals surface area contributed by atoms with E-state index in [4.69, 9.17) is 0 Å². The lowest BCUT2D eigenvalue weighted by atomic mass is 9.81. The SMILES string of the molecule is CC(C)C(C)(C)CNCc1cnccn1. The predicted octanol–water partition coefficient (Wildman–Crippen LogP) is 2.25. The van der Waals surface area contributed by atoms with Crippen LogP contribution >= 0.6 is 0 Å².